The molecule has 0 fully saturated rings. The first-order valence-corrected chi connectivity index (χ1v) is 2.43. The van der Waals surface area contributed by atoms with E-state index in [9.17, 15) is 0 Å². The Bertz CT molecular complexity index is 143. The zero-order chi connectivity index (χ0) is 7.11. The van der Waals surface area contributed by atoms with E-state index in [2.05, 4.69) is 20.1 Å². The Kier molecular flexibility index (Phi) is 4.04. The highest BCUT2D eigenvalue weighted by molar-refractivity contribution is 4.61. The molecule has 0 amide bonds. The topological polar surface area (TPSA) is 97.5 Å². The molecule has 0 aliphatic rings. The third-order valence-electron chi connectivity index (χ3n) is 0.735. The Morgan fingerprint density at radius 1 is 1.33 bits per heavy atom. The number of rotatable bonds is 3. The normalized spacial score (nSPS) is 10.8. The first kappa shape index (κ1) is 7.62. The van der Waals surface area contributed by atoms with E-state index in [1.54, 1.807) is 6.92 Å². The van der Waals surface area contributed by atoms with Gasteiger partial charge in [-0.2, -0.15) is 0 Å². The maximum absolute atomic E-state index is 7.87. The van der Waals surface area contributed by atoms with Crippen LogP contribution < -0.4 is 0 Å². The fourth-order valence-corrected chi connectivity index (χ4v) is 0.306. The van der Waals surface area contributed by atoms with Gasteiger partial charge in [0.15, 0.2) is 0 Å². The molecule has 6 heteroatoms. The minimum absolute atomic E-state index is 0.536. The highest BCUT2D eigenvalue weighted by Crippen LogP contribution is 1.98. The van der Waals surface area contributed by atoms with Gasteiger partial charge in [-0.3, -0.25) is 0 Å². The van der Waals surface area contributed by atoms with E-state index < -0.39 is 6.17 Å². The molecule has 0 aliphatic carbocycles. The van der Waals surface area contributed by atoms with Gasteiger partial charge < -0.3 is 0 Å². The smallest absolute Gasteiger partial charge is 0.0846 e. The second-order valence-electron chi connectivity index (χ2n) is 1.30. The zero-order valence-electron chi connectivity index (χ0n) is 4.97. The van der Waals surface area contributed by atoms with Crippen LogP contribution in [0.1, 0.15) is 13.3 Å². The van der Waals surface area contributed by atoms with Crippen LogP contribution in [0.4, 0.5) is 0 Å². The zero-order valence-corrected chi connectivity index (χ0v) is 4.97. The molecule has 0 rings (SSSR count). The third-order valence-corrected chi connectivity index (χ3v) is 0.735. The summed E-state index contributed by atoms with van der Waals surface area (Å²) in [7, 11) is 0. The molecule has 0 aromatic heterocycles. The summed E-state index contributed by atoms with van der Waals surface area (Å²) in [5, 5.41) is 6.38. The van der Waals surface area contributed by atoms with Crippen LogP contribution in [-0.4, -0.2) is 6.17 Å². The van der Waals surface area contributed by atoms with Crippen molar-refractivity contribution in [3.8, 4) is 0 Å². The van der Waals surface area contributed by atoms with Crippen LogP contribution in [0.15, 0.2) is 10.2 Å². The van der Waals surface area contributed by atoms with Gasteiger partial charge in [0.1, 0.15) is 6.17 Å². The van der Waals surface area contributed by atoms with Crippen molar-refractivity contribution in [2.24, 2.45) is 10.2 Å². The van der Waals surface area contributed by atoms with Gasteiger partial charge in [0.25, 0.3) is 0 Å². The summed E-state index contributed by atoms with van der Waals surface area (Å²) >= 11 is 0. The number of azide groups is 1. The molecule has 48 valence electrons. The standard InChI is InChI=1S/C3H6N6/c1-2-3(6-8-4)7-9-5/h3H,2H2,1H3. The van der Waals surface area contributed by atoms with Crippen LogP contribution in [0, 0.1) is 0 Å². The average Bonchev–Trinajstić information content (AvgIpc) is 1.88. The van der Waals surface area contributed by atoms with Crippen molar-refractivity contribution < 1.29 is 0 Å². The molecule has 0 N–H and O–H groups in total. The van der Waals surface area contributed by atoms with Crippen LogP contribution in [0.3, 0.4) is 0 Å². The molecule has 0 radical (unpaired) electrons. The van der Waals surface area contributed by atoms with Gasteiger partial charge >= 0.3 is 0 Å². The summed E-state index contributed by atoms with van der Waals surface area (Å²) in [6.07, 6.45) is -0.0336. The maximum Gasteiger partial charge on any atom is 0.115 e. The quantitative estimate of drug-likeness (QED) is 0.315. The molecule has 0 aromatic rings. The van der Waals surface area contributed by atoms with Gasteiger partial charge in [-0.05, 0) is 17.5 Å². The van der Waals surface area contributed by atoms with E-state index in [1.165, 1.54) is 0 Å². The summed E-state index contributed by atoms with van der Waals surface area (Å²) in [5.74, 6) is 0. The van der Waals surface area contributed by atoms with E-state index in [-0.39, 0.29) is 0 Å². The van der Waals surface area contributed by atoms with Gasteiger partial charge in [-0.25, -0.2) is 0 Å². The van der Waals surface area contributed by atoms with Gasteiger partial charge in [-0.15, -0.1) is 0 Å². The van der Waals surface area contributed by atoms with Crippen LogP contribution in [-0.2, 0) is 0 Å². The lowest BCUT2D eigenvalue weighted by Crippen LogP contribution is -1.92. The Morgan fingerprint density at radius 2 is 1.78 bits per heavy atom. The first-order chi connectivity index (χ1) is 4.35. The van der Waals surface area contributed by atoms with Crippen molar-refractivity contribution >= 4 is 0 Å². The molecule has 0 saturated heterocycles. The minimum Gasteiger partial charge on any atom is -0.0846 e. The van der Waals surface area contributed by atoms with E-state index in [4.69, 9.17) is 11.1 Å². The fourth-order valence-electron chi connectivity index (χ4n) is 0.306. The minimum atomic E-state index is -0.569. The summed E-state index contributed by atoms with van der Waals surface area (Å²) in [4.78, 5) is 4.97. The van der Waals surface area contributed by atoms with E-state index in [0.717, 1.165) is 0 Å². The molecule has 0 aromatic carbocycles. The second kappa shape index (κ2) is 4.77. The predicted octanol–water partition coefficient (Wildman–Crippen LogP) is 2.34. The molecule has 0 unspecified atom stereocenters. The molecule has 6 nitrogen and oxygen atoms in total. The van der Waals surface area contributed by atoms with Gasteiger partial charge in [0, 0.05) is 9.82 Å². The molecular formula is C3H6N6. The van der Waals surface area contributed by atoms with Crippen LogP contribution in [0.5, 0.6) is 0 Å². The highest BCUT2D eigenvalue weighted by atomic mass is 15.3. The fraction of sp³-hybridized carbons (Fsp3) is 1.00. The lowest BCUT2D eigenvalue weighted by molar-refractivity contribution is 0.671. The Balaban J connectivity index is 3.97. The lowest BCUT2D eigenvalue weighted by Gasteiger charge is -1.92. The average molecular weight is 126 g/mol. The van der Waals surface area contributed by atoms with Crippen LogP contribution >= 0.6 is 0 Å². The summed E-state index contributed by atoms with van der Waals surface area (Å²) in [6.45, 7) is 1.77. The largest absolute Gasteiger partial charge is 0.115 e. The SMILES string of the molecule is CCC(N=[N+]=[N-])N=[N+]=[N-]. The van der Waals surface area contributed by atoms with Crippen LogP contribution in [0.25, 0.3) is 20.9 Å². The highest BCUT2D eigenvalue weighted by Gasteiger charge is 1.95. The number of hydrogen-bond acceptors (Lipinski definition) is 2. The van der Waals surface area contributed by atoms with E-state index in [1.807, 2.05) is 0 Å². The van der Waals surface area contributed by atoms with Crippen molar-refractivity contribution in [2.75, 3.05) is 0 Å². The van der Waals surface area contributed by atoms with Crippen molar-refractivity contribution in [1.82, 2.24) is 0 Å². The van der Waals surface area contributed by atoms with Crippen molar-refractivity contribution in [3.63, 3.8) is 0 Å². The van der Waals surface area contributed by atoms with Crippen molar-refractivity contribution in [1.29, 1.82) is 0 Å². The molecule has 0 aliphatic heterocycles. The van der Waals surface area contributed by atoms with Crippen LogP contribution in [0.2, 0.25) is 0 Å². The van der Waals surface area contributed by atoms with E-state index in [0.29, 0.717) is 6.42 Å². The summed E-state index contributed by atoms with van der Waals surface area (Å²) in [6, 6.07) is 0. The summed E-state index contributed by atoms with van der Waals surface area (Å²) in [5.41, 5.74) is 15.7. The molecule has 0 saturated carbocycles. The van der Waals surface area contributed by atoms with Crippen molar-refractivity contribution in [3.05, 3.63) is 20.9 Å². The molecule has 0 atom stereocenters. The molecular weight excluding hydrogens is 120 g/mol. The number of hydrogen-bond donors (Lipinski definition) is 0. The van der Waals surface area contributed by atoms with Gasteiger partial charge in [0.05, 0.1) is 0 Å². The predicted molar refractivity (Wildman–Crippen MR) is 32.4 cm³/mol. The van der Waals surface area contributed by atoms with Gasteiger partial charge in [-0.1, -0.05) is 17.2 Å². The Hall–Kier alpha value is -1.38. The lowest BCUT2D eigenvalue weighted by atomic mass is 10.4. The molecule has 0 spiro atoms. The Labute approximate surface area is 51.7 Å². The first-order valence-electron chi connectivity index (χ1n) is 2.43. The Morgan fingerprint density at radius 3 is 2.00 bits per heavy atom. The van der Waals surface area contributed by atoms with E-state index >= 15 is 0 Å². The summed E-state index contributed by atoms with van der Waals surface area (Å²) < 4.78 is 0. The molecule has 9 heavy (non-hydrogen) atoms. The molecule has 0 bridgehead atoms. The second-order valence-corrected chi connectivity index (χ2v) is 1.30. The molecule has 0 heterocycles. The monoisotopic (exact) mass is 126 g/mol. The van der Waals surface area contributed by atoms with Gasteiger partial charge in [0.2, 0.25) is 0 Å². The third kappa shape index (κ3) is 3.22. The maximum atomic E-state index is 7.87. The number of nitrogens with zero attached hydrogens (tertiary/aromatic N) is 6. The van der Waals surface area contributed by atoms with Crippen molar-refractivity contribution in [2.45, 2.75) is 19.5 Å².